The number of hydrogen-bond acceptors (Lipinski definition) is 6. The Labute approximate surface area is 143 Å². The molecule has 0 aliphatic rings. The van der Waals surface area contributed by atoms with Crippen LogP contribution < -0.4 is 11.3 Å². The molecule has 2 aromatic heterocycles. The number of nitrogens with two attached hydrogens (primary N) is 1. The van der Waals surface area contributed by atoms with Crippen molar-refractivity contribution in [2.24, 2.45) is 0 Å². The zero-order valence-electron chi connectivity index (χ0n) is 12.1. The molecular weight excluding hydrogens is 382 g/mol. The van der Waals surface area contributed by atoms with Crippen molar-refractivity contribution in [2.45, 2.75) is 6.92 Å². The number of esters is 1. The van der Waals surface area contributed by atoms with Crippen molar-refractivity contribution in [1.82, 2.24) is 9.78 Å². The molecular formula is C15H12BrN3O3S. The van der Waals surface area contributed by atoms with Gasteiger partial charge < -0.3 is 10.5 Å². The highest BCUT2D eigenvalue weighted by atomic mass is 79.9. The van der Waals surface area contributed by atoms with Gasteiger partial charge in [-0.1, -0.05) is 18.2 Å². The molecule has 2 N–H and O–H groups in total. The lowest BCUT2D eigenvalue weighted by Crippen LogP contribution is -2.25. The predicted molar refractivity (Wildman–Crippen MR) is 93.3 cm³/mol. The lowest BCUT2D eigenvalue weighted by atomic mass is 10.2. The van der Waals surface area contributed by atoms with E-state index in [0.29, 0.717) is 19.9 Å². The van der Waals surface area contributed by atoms with Crippen molar-refractivity contribution in [1.29, 1.82) is 0 Å². The zero-order valence-corrected chi connectivity index (χ0v) is 14.5. The summed E-state index contributed by atoms with van der Waals surface area (Å²) in [5, 5.41) is 5.20. The van der Waals surface area contributed by atoms with Crippen molar-refractivity contribution in [3.63, 3.8) is 0 Å². The maximum atomic E-state index is 12.7. The average molecular weight is 394 g/mol. The Kier molecular flexibility index (Phi) is 4.18. The molecule has 0 fully saturated rings. The van der Waals surface area contributed by atoms with Crippen molar-refractivity contribution >= 4 is 49.0 Å². The van der Waals surface area contributed by atoms with Gasteiger partial charge in [-0.3, -0.25) is 4.79 Å². The van der Waals surface area contributed by atoms with Gasteiger partial charge in [0, 0.05) is 5.39 Å². The third-order valence-corrected chi connectivity index (χ3v) is 4.89. The summed E-state index contributed by atoms with van der Waals surface area (Å²) in [6.07, 6.45) is 0. The number of carbonyl (C=O) groups is 1. The predicted octanol–water partition coefficient (Wildman–Crippen LogP) is 2.97. The summed E-state index contributed by atoms with van der Waals surface area (Å²) in [6, 6.07) is 8.85. The van der Waals surface area contributed by atoms with Crippen LogP contribution in [-0.4, -0.2) is 22.4 Å². The Hall–Kier alpha value is -2.19. The molecule has 8 heteroatoms. The van der Waals surface area contributed by atoms with Crippen LogP contribution in [0, 0.1) is 0 Å². The second kappa shape index (κ2) is 6.13. The number of thiophene rings is 1. The number of benzene rings is 1. The van der Waals surface area contributed by atoms with E-state index in [1.807, 2.05) is 6.07 Å². The summed E-state index contributed by atoms with van der Waals surface area (Å²) < 4.78 is 6.81. The molecule has 0 atom stereocenters. The summed E-state index contributed by atoms with van der Waals surface area (Å²) in [4.78, 5) is 25.0. The van der Waals surface area contributed by atoms with E-state index in [1.165, 1.54) is 16.0 Å². The lowest BCUT2D eigenvalue weighted by Gasteiger charge is -2.09. The molecule has 118 valence electrons. The molecule has 0 unspecified atom stereocenters. The number of halogens is 1. The van der Waals surface area contributed by atoms with E-state index < -0.39 is 5.97 Å². The van der Waals surface area contributed by atoms with Gasteiger partial charge in [0.05, 0.1) is 21.5 Å². The maximum absolute atomic E-state index is 12.7. The topological polar surface area (TPSA) is 87.2 Å². The summed E-state index contributed by atoms with van der Waals surface area (Å²) in [7, 11) is 0. The van der Waals surface area contributed by atoms with Crippen LogP contribution in [0.2, 0.25) is 0 Å². The first-order valence-corrected chi connectivity index (χ1v) is 8.39. The minimum Gasteiger partial charge on any atom is -0.461 e. The van der Waals surface area contributed by atoms with E-state index in [-0.39, 0.29) is 23.2 Å². The molecule has 1 aromatic carbocycles. The van der Waals surface area contributed by atoms with Crippen LogP contribution in [0.15, 0.2) is 38.9 Å². The molecule has 0 saturated heterocycles. The number of hydrogen-bond donors (Lipinski definition) is 1. The number of ether oxygens (including phenoxy) is 1. The number of rotatable bonds is 3. The fourth-order valence-corrected chi connectivity index (χ4v) is 3.93. The summed E-state index contributed by atoms with van der Waals surface area (Å²) in [5.74, 6) is -0.597. The molecule has 0 saturated carbocycles. The van der Waals surface area contributed by atoms with Crippen LogP contribution in [0.5, 0.6) is 0 Å². The van der Waals surface area contributed by atoms with Crippen molar-refractivity contribution in [3.05, 3.63) is 50.2 Å². The van der Waals surface area contributed by atoms with Crippen LogP contribution in [0.25, 0.3) is 16.5 Å². The highest BCUT2D eigenvalue weighted by Crippen LogP contribution is 2.37. The molecule has 6 nitrogen and oxygen atoms in total. The fraction of sp³-hybridized carbons (Fsp3) is 0.133. The first-order valence-electron chi connectivity index (χ1n) is 6.78. The molecule has 0 amide bonds. The molecule has 3 aromatic rings. The van der Waals surface area contributed by atoms with Crippen LogP contribution in [0.3, 0.4) is 0 Å². The standard InChI is InChI=1S/C15H12BrN3O3S/c1-2-22-15(21)11-9-10(13(17)23-12(9)16)14(20)19(18-11)8-6-4-3-5-7-8/h3-7H,2,17H2,1H3. The van der Waals surface area contributed by atoms with Crippen molar-refractivity contribution in [3.8, 4) is 5.69 Å². The fourth-order valence-electron chi connectivity index (χ4n) is 2.23. The van der Waals surface area contributed by atoms with Gasteiger partial charge in [0.2, 0.25) is 0 Å². The van der Waals surface area contributed by atoms with Gasteiger partial charge in [0.1, 0.15) is 5.00 Å². The monoisotopic (exact) mass is 393 g/mol. The number of nitrogen functional groups attached to an aromatic ring is 1. The van der Waals surface area contributed by atoms with Crippen molar-refractivity contribution < 1.29 is 9.53 Å². The number of aromatic nitrogens is 2. The van der Waals surface area contributed by atoms with Crippen LogP contribution >= 0.6 is 27.3 Å². The number of anilines is 1. The second-order valence-electron chi connectivity index (χ2n) is 4.61. The van der Waals surface area contributed by atoms with Crippen LogP contribution in [0.4, 0.5) is 5.00 Å². The Bertz CT molecular complexity index is 950. The van der Waals surface area contributed by atoms with Gasteiger partial charge in [0.15, 0.2) is 5.69 Å². The molecule has 0 spiro atoms. The van der Waals surface area contributed by atoms with E-state index in [1.54, 1.807) is 31.2 Å². The number of carbonyl (C=O) groups excluding carboxylic acids is 1. The Morgan fingerprint density at radius 3 is 2.70 bits per heavy atom. The minimum absolute atomic E-state index is 0.0603. The SMILES string of the molecule is CCOC(=O)c1nn(-c2ccccc2)c(=O)c2c(N)sc(Br)c12. The summed E-state index contributed by atoms with van der Waals surface area (Å²) >= 11 is 4.53. The molecule has 0 bridgehead atoms. The van der Waals surface area contributed by atoms with Gasteiger partial charge >= 0.3 is 5.97 Å². The molecule has 0 aliphatic heterocycles. The summed E-state index contributed by atoms with van der Waals surface area (Å²) in [5.41, 5.74) is 6.20. The smallest absolute Gasteiger partial charge is 0.359 e. The number of nitrogens with zero attached hydrogens (tertiary/aromatic N) is 2. The molecule has 0 aliphatic carbocycles. The van der Waals surface area contributed by atoms with Gasteiger partial charge in [0.25, 0.3) is 5.56 Å². The van der Waals surface area contributed by atoms with Crippen LogP contribution in [0.1, 0.15) is 17.4 Å². The number of para-hydroxylation sites is 1. The largest absolute Gasteiger partial charge is 0.461 e. The van der Waals surface area contributed by atoms with E-state index in [4.69, 9.17) is 10.5 Å². The third kappa shape index (κ3) is 2.64. The first kappa shape index (κ1) is 15.7. The van der Waals surface area contributed by atoms with Crippen molar-refractivity contribution in [2.75, 3.05) is 12.3 Å². The quantitative estimate of drug-likeness (QED) is 0.691. The highest BCUT2D eigenvalue weighted by Gasteiger charge is 2.24. The first-order chi connectivity index (χ1) is 11.0. The van der Waals surface area contributed by atoms with Gasteiger partial charge in [-0.15, -0.1) is 11.3 Å². The third-order valence-electron chi connectivity index (χ3n) is 3.21. The van der Waals surface area contributed by atoms with E-state index in [2.05, 4.69) is 21.0 Å². The normalized spacial score (nSPS) is 10.9. The maximum Gasteiger partial charge on any atom is 0.359 e. The second-order valence-corrected chi connectivity index (χ2v) is 6.98. The highest BCUT2D eigenvalue weighted by molar-refractivity contribution is 9.11. The summed E-state index contributed by atoms with van der Waals surface area (Å²) in [6.45, 7) is 1.92. The minimum atomic E-state index is -0.597. The van der Waals surface area contributed by atoms with E-state index in [0.717, 1.165) is 0 Å². The molecule has 2 heterocycles. The van der Waals surface area contributed by atoms with Gasteiger partial charge in [-0.2, -0.15) is 9.78 Å². The van der Waals surface area contributed by atoms with E-state index in [9.17, 15) is 9.59 Å². The molecule has 3 rings (SSSR count). The van der Waals surface area contributed by atoms with Crippen LogP contribution in [-0.2, 0) is 4.74 Å². The number of fused-ring (bicyclic) bond motifs is 1. The van der Waals surface area contributed by atoms with Gasteiger partial charge in [-0.25, -0.2) is 4.79 Å². The van der Waals surface area contributed by atoms with E-state index >= 15 is 0 Å². The molecule has 23 heavy (non-hydrogen) atoms. The average Bonchev–Trinajstić information content (AvgIpc) is 2.84. The Morgan fingerprint density at radius 2 is 2.04 bits per heavy atom. The lowest BCUT2D eigenvalue weighted by molar-refractivity contribution is 0.0520. The zero-order chi connectivity index (χ0) is 16.6. The van der Waals surface area contributed by atoms with Gasteiger partial charge in [-0.05, 0) is 35.0 Å². The Morgan fingerprint density at radius 1 is 1.35 bits per heavy atom. The Balaban J connectivity index is 2.40. The molecule has 0 radical (unpaired) electrons.